The molecular formula is C13H15NO. The van der Waals surface area contributed by atoms with E-state index < -0.39 is 5.60 Å². The molecule has 0 bridgehead atoms. The molecular weight excluding hydrogens is 186 g/mol. The van der Waals surface area contributed by atoms with Crippen molar-refractivity contribution in [2.75, 3.05) is 0 Å². The summed E-state index contributed by atoms with van der Waals surface area (Å²) in [5.74, 6) is 0. The molecule has 15 heavy (non-hydrogen) atoms. The Balaban J connectivity index is 2.44. The number of aromatic nitrogens is 1. The monoisotopic (exact) mass is 201 g/mol. The fourth-order valence-corrected chi connectivity index (χ4v) is 1.54. The number of nitrogens with one attached hydrogen (secondary N) is 1. The molecule has 1 aromatic carbocycles. The molecule has 0 aliphatic rings. The number of H-pyrrole nitrogens is 1. The lowest BCUT2D eigenvalue weighted by molar-refractivity contribution is 0.134. The second-order valence-electron chi connectivity index (χ2n) is 4.28. The first-order valence-electron chi connectivity index (χ1n) is 5.04. The van der Waals surface area contributed by atoms with Gasteiger partial charge in [0.2, 0.25) is 0 Å². The van der Waals surface area contributed by atoms with E-state index in [1.54, 1.807) is 19.9 Å². The van der Waals surface area contributed by atoms with Gasteiger partial charge in [0.15, 0.2) is 0 Å². The molecule has 0 atom stereocenters. The number of rotatable bonds is 2. The Bertz CT molecular complexity index is 488. The van der Waals surface area contributed by atoms with Crippen LogP contribution in [0, 0.1) is 0 Å². The summed E-state index contributed by atoms with van der Waals surface area (Å²) in [4.78, 5) is 3.19. The minimum absolute atomic E-state index is 0.769. The van der Waals surface area contributed by atoms with Gasteiger partial charge in [0, 0.05) is 6.20 Å². The van der Waals surface area contributed by atoms with Crippen molar-refractivity contribution in [2.45, 2.75) is 19.4 Å². The van der Waals surface area contributed by atoms with Gasteiger partial charge in [0.25, 0.3) is 0 Å². The quantitative estimate of drug-likeness (QED) is 0.770. The lowest BCUT2D eigenvalue weighted by Crippen LogP contribution is -2.13. The molecule has 2 rings (SSSR count). The van der Waals surface area contributed by atoms with E-state index in [1.807, 2.05) is 30.5 Å². The zero-order chi connectivity index (χ0) is 10.9. The smallest absolute Gasteiger partial charge is 0.0774 e. The summed E-state index contributed by atoms with van der Waals surface area (Å²) < 4.78 is 0. The van der Waals surface area contributed by atoms with Crippen LogP contribution in [-0.4, -0.2) is 15.7 Å². The van der Waals surface area contributed by atoms with Crippen LogP contribution in [0.3, 0.4) is 0 Å². The van der Waals surface area contributed by atoms with E-state index in [-0.39, 0.29) is 0 Å². The highest BCUT2D eigenvalue weighted by Crippen LogP contribution is 2.19. The minimum Gasteiger partial charge on any atom is -0.386 e. The van der Waals surface area contributed by atoms with Crippen molar-refractivity contribution in [3.05, 3.63) is 42.1 Å². The first-order valence-corrected chi connectivity index (χ1v) is 5.04. The van der Waals surface area contributed by atoms with Crippen LogP contribution in [0.5, 0.6) is 0 Å². The highest BCUT2D eigenvalue weighted by atomic mass is 16.3. The average molecular weight is 201 g/mol. The molecule has 0 radical (unpaired) electrons. The maximum atomic E-state index is 9.60. The predicted molar refractivity (Wildman–Crippen MR) is 63.6 cm³/mol. The lowest BCUT2D eigenvalue weighted by Gasteiger charge is -2.10. The molecule has 2 N–H and O–H groups in total. The van der Waals surface area contributed by atoms with Gasteiger partial charge in [0.05, 0.1) is 11.1 Å². The van der Waals surface area contributed by atoms with Crippen LogP contribution in [0.1, 0.15) is 19.4 Å². The molecule has 1 heterocycles. The van der Waals surface area contributed by atoms with Crippen molar-refractivity contribution in [2.24, 2.45) is 0 Å². The van der Waals surface area contributed by atoms with E-state index in [1.165, 1.54) is 5.39 Å². The van der Waals surface area contributed by atoms with Crippen LogP contribution in [0.2, 0.25) is 0 Å². The topological polar surface area (TPSA) is 36.0 Å². The Morgan fingerprint density at radius 1 is 1.27 bits per heavy atom. The zero-order valence-electron chi connectivity index (χ0n) is 8.99. The number of fused-ring (bicyclic) bond motifs is 1. The first-order chi connectivity index (χ1) is 7.06. The van der Waals surface area contributed by atoms with Gasteiger partial charge in [-0.15, -0.1) is 0 Å². The Morgan fingerprint density at radius 3 is 2.80 bits per heavy atom. The van der Waals surface area contributed by atoms with Gasteiger partial charge in [-0.05, 0) is 30.9 Å². The zero-order valence-corrected chi connectivity index (χ0v) is 8.99. The third kappa shape index (κ3) is 2.28. The second-order valence-corrected chi connectivity index (χ2v) is 4.28. The van der Waals surface area contributed by atoms with Crippen LogP contribution >= 0.6 is 0 Å². The fourth-order valence-electron chi connectivity index (χ4n) is 1.54. The van der Waals surface area contributed by atoms with Gasteiger partial charge < -0.3 is 10.1 Å². The van der Waals surface area contributed by atoms with Gasteiger partial charge in [-0.1, -0.05) is 30.4 Å². The summed E-state index contributed by atoms with van der Waals surface area (Å²) in [7, 11) is 0. The Hall–Kier alpha value is -1.54. The molecule has 0 saturated heterocycles. The van der Waals surface area contributed by atoms with Crippen LogP contribution in [0.4, 0.5) is 0 Å². The summed E-state index contributed by atoms with van der Waals surface area (Å²) in [5.41, 5.74) is 1.44. The summed E-state index contributed by atoms with van der Waals surface area (Å²) in [6.45, 7) is 3.52. The van der Waals surface area contributed by atoms with Crippen LogP contribution in [0.15, 0.2) is 36.5 Å². The molecule has 0 unspecified atom stereocenters. The van der Waals surface area contributed by atoms with E-state index in [0.29, 0.717) is 0 Å². The van der Waals surface area contributed by atoms with Gasteiger partial charge >= 0.3 is 0 Å². The maximum absolute atomic E-state index is 9.60. The molecule has 0 saturated carbocycles. The van der Waals surface area contributed by atoms with Crippen molar-refractivity contribution < 1.29 is 5.11 Å². The van der Waals surface area contributed by atoms with E-state index >= 15 is 0 Å². The third-order valence-electron chi connectivity index (χ3n) is 2.29. The second kappa shape index (κ2) is 3.55. The summed E-state index contributed by atoms with van der Waals surface area (Å²) in [5, 5.41) is 10.8. The summed E-state index contributed by atoms with van der Waals surface area (Å²) in [6.07, 6.45) is 5.66. The number of aliphatic hydroxyl groups is 1. The summed E-state index contributed by atoms with van der Waals surface area (Å²) >= 11 is 0. The minimum atomic E-state index is -0.769. The normalized spacial score (nSPS) is 12.7. The Kier molecular flexibility index (Phi) is 2.37. The lowest BCUT2D eigenvalue weighted by atomic mass is 10.1. The Morgan fingerprint density at radius 2 is 2.07 bits per heavy atom. The van der Waals surface area contributed by atoms with Crippen molar-refractivity contribution in [3.8, 4) is 0 Å². The van der Waals surface area contributed by atoms with E-state index in [4.69, 9.17) is 0 Å². The van der Waals surface area contributed by atoms with E-state index in [0.717, 1.165) is 11.1 Å². The van der Waals surface area contributed by atoms with E-state index in [9.17, 15) is 5.11 Å². The molecule has 0 fully saturated rings. The largest absolute Gasteiger partial charge is 0.386 e. The molecule has 2 heteroatoms. The van der Waals surface area contributed by atoms with Crippen LogP contribution in [0.25, 0.3) is 17.0 Å². The number of aromatic amines is 1. The van der Waals surface area contributed by atoms with Gasteiger partial charge in [-0.25, -0.2) is 0 Å². The molecule has 0 aliphatic heterocycles. The van der Waals surface area contributed by atoms with Crippen LogP contribution < -0.4 is 0 Å². The van der Waals surface area contributed by atoms with Crippen molar-refractivity contribution in [1.82, 2.24) is 4.98 Å². The van der Waals surface area contributed by atoms with Gasteiger partial charge in [-0.2, -0.15) is 0 Å². The maximum Gasteiger partial charge on any atom is 0.0774 e. The molecule has 2 aromatic rings. The Labute approximate surface area is 89.3 Å². The third-order valence-corrected chi connectivity index (χ3v) is 2.29. The molecule has 2 nitrogen and oxygen atoms in total. The number of para-hydroxylation sites is 1. The highest BCUT2D eigenvalue weighted by Gasteiger charge is 2.06. The van der Waals surface area contributed by atoms with Crippen molar-refractivity contribution in [3.63, 3.8) is 0 Å². The first kappa shape index (κ1) is 9.99. The molecule has 0 aliphatic carbocycles. The average Bonchev–Trinajstić information content (AvgIpc) is 2.61. The predicted octanol–water partition coefficient (Wildman–Crippen LogP) is 2.95. The number of hydrogen-bond donors (Lipinski definition) is 2. The standard InChI is InChI=1S/C13H15NO/c1-13(2,15)8-6-10-4-3-5-11-7-9-14-12(10)11/h3-9,14-15H,1-2H3/b8-6+. The van der Waals surface area contributed by atoms with Crippen LogP contribution in [-0.2, 0) is 0 Å². The van der Waals surface area contributed by atoms with Crippen molar-refractivity contribution in [1.29, 1.82) is 0 Å². The summed E-state index contributed by atoms with van der Waals surface area (Å²) in [6, 6.07) is 8.14. The fraction of sp³-hybridized carbons (Fsp3) is 0.231. The highest BCUT2D eigenvalue weighted by molar-refractivity contribution is 5.87. The SMILES string of the molecule is CC(C)(O)/C=C/c1cccc2cc[nH]c12. The molecule has 0 spiro atoms. The van der Waals surface area contributed by atoms with Gasteiger partial charge in [-0.3, -0.25) is 0 Å². The molecule has 1 aromatic heterocycles. The van der Waals surface area contributed by atoms with Gasteiger partial charge in [0.1, 0.15) is 0 Å². The number of hydrogen-bond acceptors (Lipinski definition) is 1. The molecule has 78 valence electrons. The number of benzene rings is 1. The molecule has 0 amide bonds. The van der Waals surface area contributed by atoms with Crippen molar-refractivity contribution >= 4 is 17.0 Å². The van der Waals surface area contributed by atoms with E-state index in [2.05, 4.69) is 11.1 Å².